The van der Waals surface area contributed by atoms with Crippen molar-refractivity contribution in [3.63, 3.8) is 0 Å². The zero-order chi connectivity index (χ0) is 8.97. The van der Waals surface area contributed by atoms with E-state index in [4.69, 9.17) is 0 Å². The lowest BCUT2D eigenvalue weighted by molar-refractivity contribution is -0.119. The van der Waals surface area contributed by atoms with E-state index in [-0.39, 0.29) is 5.78 Å². The minimum absolute atomic E-state index is 0.251. The van der Waals surface area contributed by atoms with Crippen molar-refractivity contribution in [2.24, 2.45) is 0 Å². The van der Waals surface area contributed by atoms with Crippen molar-refractivity contribution in [3.8, 4) is 0 Å². The van der Waals surface area contributed by atoms with E-state index >= 15 is 0 Å². The van der Waals surface area contributed by atoms with Gasteiger partial charge in [-0.2, -0.15) is 5.10 Å². The number of carbonyl (C=O) groups is 1. The van der Waals surface area contributed by atoms with Crippen molar-refractivity contribution in [2.45, 2.75) is 33.2 Å². The maximum absolute atomic E-state index is 11.2. The molecular weight excluding hydrogens is 152 g/mol. The number of rotatable bonds is 4. The zero-order valence-corrected chi connectivity index (χ0v) is 7.58. The van der Waals surface area contributed by atoms with Gasteiger partial charge in [-0.15, -0.1) is 0 Å². The number of hydrogen-bond acceptors (Lipinski definition) is 2. The molecule has 0 saturated heterocycles. The molecule has 0 aliphatic heterocycles. The molecule has 3 nitrogen and oxygen atoms in total. The van der Waals surface area contributed by atoms with E-state index in [1.807, 2.05) is 20.0 Å². The van der Waals surface area contributed by atoms with Crippen LogP contribution in [0.3, 0.4) is 0 Å². The average molecular weight is 166 g/mol. The second-order valence-corrected chi connectivity index (χ2v) is 3.00. The van der Waals surface area contributed by atoms with Gasteiger partial charge in [-0.25, -0.2) is 0 Å². The van der Waals surface area contributed by atoms with Gasteiger partial charge in [0.05, 0.1) is 12.7 Å². The summed E-state index contributed by atoms with van der Waals surface area (Å²) in [4.78, 5) is 11.2. The topological polar surface area (TPSA) is 34.9 Å². The van der Waals surface area contributed by atoms with E-state index in [1.54, 1.807) is 10.9 Å². The lowest BCUT2D eigenvalue weighted by Gasteiger charge is -1.98. The Morgan fingerprint density at radius 3 is 2.92 bits per heavy atom. The number of carbonyl (C=O) groups excluding carboxylic acids is 1. The van der Waals surface area contributed by atoms with Gasteiger partial charge in [-0.05, 0) is 18.9 Å². The van der Waals surface area contributed by atoms with Crippen LogP contribution in [0.5, 0.6) is 0 Å². The maximum atomic E-state index is 11.2. The van der Waals surface area contributed by atoms with Crippen molar-refractivity contribution in [2.75, 3.05) is 0 Å². The SMILES string of the molecule is CCCC(=O)Cn1cc(C)cn1. The summed E-state index contributed by atoms with van der Waals surface area (Å²) in [5.74, 6) is 0.251. The van der Waals surface area contributed by atoms with Crippen LogP contribution in [0.2, 0.25) is 0 Å². The first-order chi connectivity index (χ1) is 5.72. The van der Waals surface area contributed by atoms with Crippen LogP contribution >= 0.6 is 0 Å². The average Bonchev–Trinajstić information content (AvgIpc) is 2.36. The van der Waals surface area contributed by atoms with Gasteiger partial charge in [-0.3, -0.25) is 9.48 Å². The van der Waals surface area contributed by atoms with Gasteiger partial charge in [0.25, 0.3) is 0 Å². The fourth-order valence-corrected chi connectivity index (χ4v) is 1.09. The predicted octanol–water partition coefficient (Wildman–Crippen LogP) is 1.56. The van der Waals surface area contributed by atoms with Crippen molar-refractivity contribution in [1.82, 2.24) is 9.78 Å². The number of ketones is 1. The first-order valence-corrected chi connectivity index (χ1v) is 4.23. The Hall–Kier alpha value is -1.12. The van der Waals surface area contributed by atoms with Gasteiger partial charge in [0.1, 0.15) is 0 Å². The van der Waals surface area contributed by atoms with Crippen molar-refractivity contribution < 1.29 is 4.79 Å². The fourth-order valence-electron chi connectivity index (χ4n) is 1.09. The zero-order valence-electron chi connectivity index (χ0n) is 7.58. The molecule has 0 spiro atoms. The molecule has 1 heterocycles. The van der Waals surface area contributed by atoms with Crippen LogP contribution in [-0.2, 0) is 11.3 Å². The summed E-state index contributed by atoms with van der Waals surface area (Å²) in [6.07, 6.45) is 5.21. The highest BCUT2D eigenvalue weighted by Gasteiger charge is 2.01. The molecule has 0 aliphatic rings. The quantitative estimate of drug-likeness (QED) is 0.680. The maximum Gasteiger partial charge on any atom is 0.154 e. The Bertz CT molecular complexity index is 265. The molecule has 0 N–H and O–H groups in total. The summed E-state index contributed by atoms with van der Waals surface area (Å²) in [6, 6.07) is 0. The second-order valence-electron chi connectivity index (χ2n) is 3.00. The Balaban J connectivity index is 2.46. The molecule has 0 aliphatic carbocycles. The molecule has 1 aromatic rings. The fraction of sp³-hybridized carbons (Fsp3) is 0.556. The number of nitrogens with zero attached hydrogens (tertiary/aromatic N) is 2. The van der Waals surface area contributed by atoms with Crippen LogP contribution in [0.1, 0.15) is 25.3 Å². The lowest BCUT2D eigenvalue weighted by atomic mass is 10.2. The Morgan fingerprint density at radius 1 is 1.67 bits per heavy atom. The molecule has 0 bridgehead atoms. The second kappa shape index (κ2) is 4.04. The molecule has 1 rings (SSSR count). The van der Waals surface area contributed by atoms with E-state index in [0.29, 0.717) is 13.0 Å². The van der Waals surface area contributed by atoms with Gasteiger partial charge < -0.3 is 0 Å². The third-order valence-electron chi connectivity index (χ3n) is 1.63. The van der Waals surface area contributed by atoms with E-state index in [0.717, 1.165) is 12.0 Å². The molecule has 0 amide bonds. The van der Waals surface area contributed by atoms with Gasteiger partial charge >= 0.3 is 0 Å². The summed E-state index contributed by atoms with van der Waals surface area (Å²) in [5.41, 5.74) is 1.10. The minimum atomic E-state index is 0.251. The van der Waals surface area contributed by atoms with E-state index < -0.39 is 0 Å². The predicted molar refractivity (Wildman–Crippen MR) is 46.9 cm³/mol. The third-order valence-corrected chi connectivity index (χ3v) is 1.63. The normalized spacial score (nSPS) is 10.2. The van der Waals surface area contributed by atoms with Crippen molar-refractivity contribution in [3.05, 3.63) is 18.0 Å². The lowest BCUT2D eigenvalue weighted by Crippen LogP contribution is -2.09. The van der Waals surface area contributed by atoms with Crippen LogP contribution in [0, 0.1) is 6.92 Å². The minimum Gasteiger partial charge on any atom is -0.298 e. The summed E-state index contributed by atoms with van der Waals surface area (Å²) in [7, 11) is 0. The molecule has 0 unspecified atom stereocenters. The molecule has 66 valence electrons. The highest BCUT2D eigenvalue weighted by atomic mass is 16.1. The van der Waals surface area contributed by atoms with E-state index in [9.17, 15) is 4.79 Å². The van der Waals surface area contributed by atoms with Crippen molar-refractivity contribution >= 4 is 5.78 Å². The van der Waals surface area contributed by atoms with E-state index in [2.05, 4.69) is 5.10 Å². The Morgan fingerprint density at radius 2 is 2.42 bits per heavy atom. The molecule has 12 heavy (non-hydrogen) atoms. The molecule has 0 saturated carbocycles. The van der Waals surface area contributed by atoms with Crippen molar-refractivity contribution in [1.29, 1.82) is 0 Å². The van der Waals surface area contributed by atoms with Gasteiger partial charge in [0.2, 0.25) is 0 Å². The Labute approximate surface area is 72.4 Å². The standard InChI is InChI=1S/C9H14N2O/c1-3-4-9(12)7-11-6-8(2)5-10-11/h5-6H,3-4,7H2,1-2H3. The molecule has 0 radical (unpaired) electrons. The first-order valence-electron chi connectivity index (χ1n) is 4.23. The monoisotopic (exact) mass is 166 g/mol. The molecule has 3 heteroatoms. The van der Waals surface area contributed by atoms with Gasteiger partial charge in [0, 0.05) is 12.6 Å². The van der Waals surface area contributed by atoms with Gasteiger partial charge in [0.15, 0.2) is 5.78 Å². The van der Waals surface area contributed by atoms with Crippen LogP contribution < -0.4 is 0 Å². The number of aryl methyl sites for hydroxylation is 1. The van der Waals surface area contributed by atoms with Crippen LogP contribution in [0.25, 0.3) is 0 Å². The van der Waals surface area contributed by atoms with Crippen LogP contribution in [-0.4, -0.2) is 15.6 Å². The number of aromatic nitrogens is 2. The molecule has 1 aromatic heterocycles. The highest BCUT2D eigenvalue weighted by Crippen LogP contribution is 1.97. The summed E-state index contributed by atoms with van der Waals surface area (Å²) in [5, 5.41) is 4.03. The number of hydrogen-bond donors (Lipinski definition) is 0. The molecule has 0 fully saturated rings. The molecule has 0 atom stereocenters. The summed E-state index contributed by atoms with van der Waals surface area (Å²) < 4.78 is 1.69. The van der Waals surface area contributed by atoms with E-state index in [1.165, 1.54) is 0 Å². The highest BCUT2D eigenvalue weighted by molar-refractivity contribution is 5.77. The Kier molecular flexibility index (Phi) is 3.02. The number of Topliss-reactive ketones (excluding diaryl/α,β-unsaturated/α-hetero) is 1. The summed E-state index contributed by atoms with van der Waals surface area (Å²) >= 11 is 0. The summed E-state index contributed by atoms with van der Waals surface area (Å²) in [6.45, 7) is 4.39. The molecular formula is C9H14N2O. The van der Waals surface area contributed by atoms with Crippen LogP contribution in [0.15, 0.2) is 12.4 Å². The molecule has 0 aromatic carbocycles. The largest absolute Gasteiger partial charge is 0.298 e. The smallest absolute Gasteiger partial charge is 0.154 e. The third kappa shape index (κ3) is 2.49. The van der Waals surface area contributed by atoms with Gasteiger partial charge in [-0.1, -0.05) is 6.92 Å². The first kappa shape index (κ1) is 8.97. The van der Waals surface area contributed by atoms with Crippen LogP contribution in [0.4, 0.5) is 0 Å².